The quantitative estimate of drug-likeness (QED) is 0.760. The molecule has 0 fully saturated rings. The number of carboxylic acid groups (broad SMARTS) is 1. The maximum atomic E-state index is 11.6. The number of benzene rings is 1. The summed E-state index contributed by atoms with van der Waals surface area (Å²) in [6.07, 6.45) is 0.857. The lowest BCUT2D eigenvalue weighted by molar-refractivity contribution is -0.135. The standard InChI is InChI=1S/C13H18N2O3/c1-2-8-14-12(16)9-15(10-13(17)18)11-6-4-3-5-7-11/h3-7H,2,8-10H2,1H3,(H,14,16)(H,17,18). The molecule has 0 heterocycles. The molecule has 0 aliphatic heterocycles. The fourth-order valence-corrected chi connectivity index (χ4v) is 1.53. The highest BCUT2D eigenvalue weighted by atomic mass is 16.4. The summed E-state index contributed by atoms with van der Waals surface area (Å²) in [5, 5.41) is 11.6. The Labute approximate surface area is 106 Å². The normalized spacial score (nSPS) is 9.83. The van der Waals surface area contributed by atoms with Gasteiger partial charge in [0.15, 0.2) is 0 Å². The molecule has 0 spiro atoms. The van der Waals surface area contributed by atoms with Crippen molar-refractivity contribution in [2.75, 3.05) is 24.5 Å². The summed E-state index contributed by atoms with van der Waals surface area (Å²) in [5.41, 5.74) is 0.728. The Morgan fingerprint density at radius 1 is 1.22 bits per heavy atom. The van der Waals surface area contributed by atoms with Crippen molar-refractivity contribution in [2.45, 2.75) is 13.3 Å². The molecule has 0 radical (unpaired) electrons. The first-order valence-electron chi connectivity index (χ1n) is 5.92. The molecule has 1 amide bonds. The van der Waals surface area contributed by atoms with E-state index >= 15 is 0 Å². The molecule has 0 atom stereocenters. The van der Waals surface area contributed by atoms with Crippen LogP contribution in [-0.2, 0) is 9.59 Å². The molecule has 18 heavy (non-hydrogen) atoms. The average molecular weight is 250 g/mol. The second-order valence-electron chi connectivity index (χ2n) is 3.94. The van der Waals surface area contributed by atoms with Crippen molar-refractivity contribution >= 4 is 17.6 Å². The number of aliphatic carboxylic acids is 1. The Morgan fingerprint density at radius 3 is 2.44 bits per heavy atom. The monoisotopic (exact) mass is 250 g/mol. The predicted molar refractivity (Wildman–Crippen MR) is 69.6 cm³/mol. The van der Waals surface area contributed by atoms with Gasteiger partial charge in [-0.25, -0.2) is 0 Å². The van der Waals surface area contributed by atoms with Gasteiger partial charge in [-0.05, 0) is 18.6 Å². The zero-order valence-electron chi connectivity index (χ0n) is 10.4. The maximum absolute atomic E-state index is 11.6. The third-order valence-corrected chi connectivity index (χ3v) is 2.35. The van der Waals surface area contributed by atoms with Crippen molar-refractivity contribution in [1.82, 2.24) is 5.32 Å². The van der Waals surface area contributed by atoms with Crippen LogP contribution in [0.1, 0.15) is 13.3 Å². The molecule has 0 aliphatic carbocycles. The van der Waals surface area contributed by atoms with Gasteiger partial charge in [-0.3, -0.25) is 9.59 Å². The number of carbonyl (C=O) groups excluding carboxylic acids is 1. The SMILES string of the molecule is CCCNC(=O)CN(CC(=O)O)c1ccccc1. The lowest BCUT2D eigenvalue weighted by Gasteiger charge is -2.22. The number of amides is 1. The van der Waals surface area contributed by atoms with Crippen LogP contribution < -0.4 is 10.2 Å². The minimum Gasteiger partial charge on any atom is -0.480 e. The van der Waals surface area contributed by atoms with Gasteiger partial charge in [0.1, 0.15) is 6.54 Å². The van der Waals surface area contributed by atoms with Gasteiger partial charge in [-0.1, -0.05) is 25.1 Å². The van der Waals surface area contributed by atoms with Gasteiger partial charge >= 0.3 is 5.97 Å². The zero-order chi connectivity index (χ0) is 13.4. The number of carbonyl (C=O) groups is 2. The molecule has 98 valence electrons. The highest BCUT2D eigenvalue weighted by Gasteiger charge is 2.13. The van der Waals surface area contributed by atoms with Gasteiger partial charge in [0.25, 0.3) is 0 Å². The van der Waals surface area contributed by atoms with Crippen molar-refractivity contribution in [1.29, 1.82) is 0 Å². The van der Waals surface area contributed by atoms with Gasteiger partial charge in [-0.15, -0.1) is 0 Å². The fourth-order valence-electron chi connectivity index (χ4n) is 1.53. The van der Waals surface area contributed by atoms with Crippen molar-refractivity contribution in [2.24, 2.45) is 0 Å². The smallest absolute Gasteiger partial charge is 0.323 e. The lowest BCUT2D eigenvalue weighted by atomic mass is 10.3. The molecule has 1 aromatic rings. The van der Waals surface area contributed by atoms with Crippen LogP contribution in [0.15, 0.2) is 30.3 Å². The van der Waals surface area contributed by atoms with E-state index in [9.17, 15) is 9.59 Å². The van der Waals surface area contributed by atoms with Crippen LogP contribution in [0.2, 0.25) is 0 Å². The van der Waals surface area contributed by atoms with Gasteiger partial charge < -0.3 is 15.3 Å². The Kier molecular flexibility index (Phi) is 5.70. The molecule has 5 heteroatoms. The number of hydrogen-bond acceptors (Lipinski definition) is 3. The molecule has 0 bridgehead atoms. The van der Waals surface area contributed by atoms with Gasteiger partial charge in [0.2, 0.25) is 5.91 Å². The molecule has 1 aromatic carbocycles. The van der Waals surface area contributed by atoms with Crippen LogP contribution in [0.25, 0.3) is 0 Å². The number of carboxylic acids is 1. The van der Waals surface area contributed by atoms with Crippen LogP contribution in [-0.4, -0.2) is 36.6 Å². The van der Waals surface area contributed by atoms with E-state index in [4.69, 9.17) is 5.11 Å². The number of para-hydroxylation sites is 1. The maximum Gasteiger partial charge on any atom is 0.323 e. The summed E-state index contributed by atoms with van der Waals surface area (Å²) in [5.74, 6) is -1.12. The molecule has 0 saturated carbocycles. The third-order valence-electron chi connectivity index (χ3n) is 2.35. The van der Waals surface area contributed by atoms with Crippen molar-refractivity contribution in [3.05, 3.63) is 30.3 Å². The molecule has 0 saturated heterocycles. The van der Waals surface area contributed by atoms with E-state index in [1.54, 1.807) is 12.1 Å². The van der Waals surface area contributed by atoms with E-state index in [2.05, 4.69) is 5.32 Å². The van der Waals surface area contributed by atoms with Crippen LogP contribution in [0.4, 0.5) is 5.69 Å². The number of nitrogens with zero attached hydrogens (tertiary/aromatic N) is 1. The third kappa shape index (κ3) is 4.86. The minimum atomic E-state index is -0.956. The highest BCUT2D eigenvalue weighted by Crippen LogP contribution is 2.12. The van der Waals surface area contributed by atoms with Gasteiger partial charge in [-0.2, -0.15) is 0 Å². The Hall–Kier alpha value is -2.04. The van der Waals surface area contributed by atoms with E-state index in [1.807, 2.05) is 25.1 Å². The molecule has 2 N–H and O–H groups in total. The van der Waals surface area contributed by atoms with Crippen molar-refractivity contribution in [3.63, 3.8) is 0 Å². The number of hydrogen-bond donors (Lipinski definition) is 2. The Morgan fingerprint density at radius 2 is 1.89 bits per heavy atom. The molecule has 0 unspecified atom stereocenters. The molecule has 0 aromatic heterocycles. The largest absolute Gasteiger partial charge is 0.480 e. The first-order valence-corrected chi connectivity index (χ1v) is 5.92. The highest BCUT2D eigenvalue weighted by molar-refractivity contribution is 5.83. The zero-order valence-corrected chi connectivity index (χ0v) is 10.4. The first-order chi connectivity index (χ1) is 8.63. The van der Waals surface area contributed by atoms with E-state index in [0.29, 0.717) is 6.54 Å². The van der Waals surface area contributed by atoms with Crippen molar-refractivity contribution in [3.8, 4) is 0 Å². The summed E-state index contributed by atoms with van der Waals surface area (Å²) in [6, 6.07) is 9.05. The number of nitrogens with one attached hydrogen (secondary N) is 1. The summed E-state index contributed by atoms with van der Waals surface area (Å²) < 4.78 is 0. The van der Waals surface area contributed by atoms with Crippen LogP contribution >= 0.6 is 0 Å². The fraction of sp³-hybridized carbons (Fsp3) is 0.385. The van der Waals surface area contributed by atoms with Crippen LogP contribution in [0, 0.1) is 0 Å². The number of anilines is 1. The van der Waals surface area contributed by atoms with Gasteiger partial charge in [0, 0.05) is 12.2 Å². The van der Waals surface area contributed by atoms with E-state index in [1.165, 1.54) is 4.90 Å². The average Bonchev–Trinajstić information content (AvgIpc) is 2.36. The Bertz CT molecular complexity index is 392. The molecular weight excluding hydrogens is 232 g/mol. The van der Waals surface area contributed by atoms with E-state index < -0.39 is 5.97 Å². The van der Waals surface area contributed by atoms with Crippen LogP contribution in [0.5, 0.6) is 0 Å². The lowest BCUT2D eigenvalue weighted by Crippen LogP contribution is -2.40. The van der Waals surface area contributed by atoms with E-state index in [0.717, 1.165) is 12.1 Å². The summed E-state index contributed by atoms with van der Waals surface area (Å²) in [7, 11) is 0. The minimum absolute atomic E-state index is 0.0519. The second kappa shape index (κ2) is 7.32. The topological polar surface area (TPSA) is 69.6 Å². The summed E-state index contributed by atoms with van der Waals surface area (Å²) in [6.45, 7) is 2.43. The second-order valence-corrected chi connectivity index (χ2v) is 3.94. The molecule has 5 nitrogen and oxygen atoms in total. The molecule has 0 aliphatic rings. The molecular formula is C13H18N2O3. The molecule has 1 rings (SSSR count). The predicted octanol–water partition coefficient (Wildman–Crippen LogP) is 1.10. The summed E-state index contributed by atoms with van der Waals surface area (Å²) in [4.78, 5) is 24.0. The van der Waals surface area contributed by atoms with Gasteiger partial charge in [0.05, 0.1) is 6.54 Å². The van der Waals surface area contributed by atoms with Crippen LogP contribution in [0.3, 0.4) is 0 Å². The Balaban J connectivity index is 2.67. The number of rotatable bonds is 7. The van der Waals surface area contributed by atoms with Crippen molar-refractivity contribution < 1.29 is 14.7 Å². The first kappa shape index (κ1) is 14.0. The van der Waals surface area contributed by atoms with E-state index in [-0.39, 0.29) is 19.0 Å². The summed E-state index contributed by atoms with van der Waals surface area (Å²) >= 11 is 0.